The summed E-state index contributed by atoms with van der Waals surface area (Å²) >= 11 is 0.0299. The molecule has 0 spiro atoms. The van der Waals surface area contributed by atoms with Crippen molar-refractivity contribution in [2.75, 3.05) is 13.1 Å². The van der Waals surface area contributed by atoms with E-state index in [1.165, 1.54) is 22.3 Å². The van der Waals surface area contributed by atoms with Crippen molar-refractivity contribution >= 4 is 34.3 Å². The van der Waals surface area contributed by atoms with Crippen LogP contribution in [0.2, 0.25) is 0 Å². The van der Waals surface area contributed by atoms with Crippen LogP contribution in [-0.4, -0.2) is 31.5 Å². The van der Waals surface area contributed by atoms with Gasteiger partial charge in [0.1, 0.15) is 5.82 Å². The lowest BCUT2D eigenvalue weighted by molar-refractivity contribution is -0.140. The van der Waals surface area contributed by atoms with E-state index in [1.54, 1.807) is 18.5 Å². The Labute approximate surface area is 195 Å². The minimum Gasteiger partial charge on any atom is -0.343 e. The average molecular weight is 494 g/mol. The number of alkyl halides is 3. The summed E-state index contributed by atoms with van der Waals surface area (Å²) in [6.45, 7) is 1.52. The highest BCUT2D eigenvalue weighted by Crippen LogP contribution is 2.34. The van der Waals surface area contributed by atoms with Crippen LogP contribution < -0.4 is 5.43 Å². The Hall–Kier alpha value is -2.92. The second-order valence-corrected chi connectivity index (χ2v) is 8.91. The van der Waals surface area contributed by atoms with Crippen molar-refractivity contribution in [2.45, 2.75) is 31.6 Å². The summed E-state index contributed by atoms with van der Waals surface area (Å²) in [5.41, 5.74) is 0.0932. The summed E-state index contributed by atoms with van der Waals surface area (Å²) in [6, 6.07) is 6.37. The number of fused-ring (bicyclic) bond motifs is 3. The minimum atomic E-state index is -4.74. The monoisotopic (exact) mass is 494 g/mol. The molecule has 34 heavy (non-hydrogen) atoms. The van der Waals surface area contributed by atoms with Crippen LogP contribution in [0, 0.1) is 5.82 Å². The fourth-order valence-electron chi connectivity index (χ4n) is 4.68. The van der Waals surface area contributed by atoms with Crippen LogP contribution in [0.15, 0.2) is 53.7 Å². The summed E-state index contributed by atoms with van der Waals surface area (Å²) < 4.78 is 69.2. The van der Waals surface area contributed by atoms with E-state index >= 15 is 0 Å². The number of nitrogens with zero attached hydrogens (tertiary/aromatic N) is 4. The van der Waals surface area contributed by atoms with Gasteiger partial charge in [0.15, 0.2) is 23.4 Å². The smallest absolute Gasteiger partial charge is 0.343 e. The Bertz CT molecular complexity index is 1420. The van der Waals surface area contributed by atoms with Crippen LogP contribution in [0.3, 0.4) is 0 Å². The fraction of sp³-hybridized carbons (Fsp3) is 0.304. The molecule has 11 heteroatoms. The summed E-state index contributed by atoms with van der Waals surface area (Å²) in [7, 11) is 0. The van der Waals surface area contributed by atoms with Crippen LogP contribution in [-0.2, 0) is 12.7 Å². The maximum absolute atomic E-state index is 13.6. The molecule has 0 N–H and O–H groups in total. The third kappa shape index (κ3) is 4.07. The van der Waals surface area contributed by atoms with Crippen LogP contribution in [0.5, 0.6) is 0 Å². The van der Waals surface area contributed by atoms with E-state index in [0.717, 1.165) is 12.1 Å². The number of hydrogen-bond donors (Lipinski definition) is 0. The number of likely N-dealkylation sites (tertiary alicyclic amines) is 1. The number of hydrogen-bond acceptors (Lipinski definition) is 4. The van der Waals surface area contributed by atoms with Crippen LogP contribution in [0.1, 0.15) is 30.0 Å². The van der Waals surface area contributed by atoms with Gasteiger partial charge in [-0.05, 0) is 36.6 Å². The molecule has 5 rings (SSSR count). The second kappa shape index (κ2) is 8.70. The standard InChI is InChI=1S/C23H19F5N4OS/c24-19-2-1-14(11-18(19)23(25,26)27)13-30-7-3-15(4-8-30)31-9-6-20(33)17-12-29-22-16(21(17)31)5-10-32(22)34-28/h1-2,5-6,9-12,15H,3-4,7-8,13H2. The van der Waals surface area contributed by atoms with Crippen molar-refractivity contribution in [3.63, 3.8) is 0 Å². The SMILES string of the molecule is O=c1ccn(C2CCN(Cc3ccc(F)c(C(F)(F)F)c3)CC2)c2c1cnc1c2ccn1SF. The van der Waals surface area contributed by atoms with E-state index in [0.29, 0.717) is 53.4 Å². The first kappa shape index (κ1) is 22.9. The molecule has 0 radical (unpaired) electrons. The molecule has 4 aromatic rings. The minimum absolute atomic E-state index is 0.0299. The third-order valence-corrected chi connectivity index (χ3v) is 6.77. The van der Waals surface area contributed by atoms with E-state index in [1.807, 2.05) is 9.47 Å². The third-order valence-electron chi connectivity index (χ3n) is 6.33. The zero-order valence-electron chi connectivity index (χ0n) is 17.7. The summed E-state index contributed by atoms with van der Waals surface area (Å²) in [6.07, 6.45) is 1.43. The molecule has 0 unspecified atom stereocenters. The molecule has 0 aliphatic carbocycles. The van der Waals surface area contributed by atoms with Crippen LogP contribution >= 0.6 is 12.3 Å². The number of rotatable bonds is 4. The Balaban J connectivity index is 1.39. The second-order valence-electron chi connectivity index (χ2n) is 8.37. The molecule has 1 aliphatic rings. The Morgan fingerprint density at radius 2 is 1.82 bits per heavy atom. The van der Waals surface area contributed by atoms with Gasteiger partial charge >= 0.3 is 6.18 Å². The molecular formula is C23H19F5N4OS. The number of piperidine rings is 1. The first-order valence-electron chi connectivity index (χ1n) is 10.6. The van der Waals surface area contributed by atoms with Gasteiger partial charge in [-0.25, -0.2) is 13.3 Å². The van der Waals surface area contributed by atoms with Gasteiger partial charge < -0.3 is 4.57 Å². The van der Waals surface area contributed by atoms with Crippen molar-refractivity contribution in [3.8, 4) is 0 Å². The first-order chi connectivity index (χ1) is 16.3. The molecule has 1 aromatic carbocycles. The topological polar surface area (TPSA) is 43.1 Å². The molecule has 0 bridgehead atoms. The maximum Gasteiger partial charge on any atom is 0.419 e. The summed E-state index contributed by atoms with van der Waals surface area (Å²) in [4.78, 5) is 18.7. The summed E-state index contributed by atoms with van der Waals surface area (Å²) in [5.74, 6) is -1.28. The van der Waals surface area contributed by atoms with Gasteiger partial charge in [0.25, 0.3) is 0 Å². The lowest BCUT2D eigenvalue weighted by atomic mass is 10.0. The largest absolute Gasteiger partial charge is 0.419 e. The molecule has 0 atom stereocenters. The fourth-order valence-corrected chi connectivity index (χ4v) is 5.00. The van der Waals surface area contributed by atoms with Gasteiger partial charge in [0.2, 0.25) is 0 Å². The van der Waals surface area contributed by atoms with Gasteiger partial charge in [0.05, 0.1) is 16.5 Å². The van der Waals surface area contributed by atoms with Crippen molar-refractivity contribution in [3.05, 3.63) is 76.1 Å². The van der Waals surface area contributed by atoms with Crippen molar-refractivity contribution < 1.29 is 21.4 Å². The highest BCUT2D eigenvalue weighted by Gasteiger charge is 2.34. The zero-order chi connectivity index (χ0) is 24.0. The van der Waals surface area contributed by atoms with Crippen molar-refractivity contribution in [1.82, 2.24) is 18.4 Å². The quantitative estimate of drug-likeness (QED) is 0.340. The molecule has 3 aromatic heterocycles. The predicted octanol–water partition coefficient (Wildman–Crippen LogP) is 5.73. The van der Waals surface area contributed by atoms with E-state index in [9.17, 15) is 26.2 Å². The molecular weight excluding hydrogens is 475 g/mol. The Morgan fingerprint density at radius 3 is 2.53 bits per heavy atom. The van der Waals surface area contributed by atoms with E-state index in [4.69, 9.17) is 0 Å². The zero-order valence-corrected chi connectivity index (χ0v) is 18.5. The molecule has 1 saturated heterocycles. The van der Waals surface area contributed by atoms with Crippen molar-refractivity contribution in [1.29, 1.82) is 0 Å². The molecule has 4 heterocycles. The van der Waals surface area contributed by atoms with Gasteiger partial charge in [-0.1, -0.05) is 6.07 Å². The number of benzene rings is 1. The summed E-state index contributed by atoms with van der Waals surface area (Å²) in [5, 5.41) is 1.12. The van der Waals surface area contributed by atoms with E-state index in [-0.39, 0.29) is 30.3 Å². The van der Waals surface area contributed by atoms with Gasteiger partial charge in [-0.3, -0.25) is 9.69 Å². The number of aromatic nitrogens is 3. The van der Waals surface area contributed by atoms with Crippen molar-refractivity contribution in [2.24, 2.45) is 0 Å². The normalized spacial score (nSPS) is 16.0. The average Bonchev–Trinajstić information content (AvgIpc) is 3.24. The van der Waals surface area contributed by atoms with Gasteiger partial charge in [-0.15, -0.1) is 3.89 Å². The van der Waals surface area contributed by atoms with Crippen LogP contribution in [0.25, 0.3) is 21.9 Å². The van der Waals surface area contributed by atoms with Gasteiger partial charge in [-0.2, -0.15) is 13.2 Å². The van der Waals surface area contributed by atoms with E-state index < -0.39 is 17.6 Å². The molecule has 0 amide bonds. The molecule has 5 nitrogen and oxygen atoms in total. The highest BCUT2D eigenvalue weighted by atomic mass is 32.2. The lowest BCUT2D eigenvalue weighted by Gasteiger charge is -2.34. The maximum atomic E-state index is 13.6. The number of pyridine rings is 2. The Morgan fingerprint density at radius 1 is 1.06 bits per heavy atom. The molecule has 178 valence electrons. The van der Waals surface area contributed by atoms with E-state index in [2.05, 4.69) is 4.98 Å². The first-order valence-corrected chi connectivity index (χ1v) is 11.3. The molecule has 0 saturated carbocycles. The van der Waals surface area contributed by atoms with Gasteiger partial charge in [0, 0.05) is 55.7 Å². The molecule has 1 fully saturated rings. The predicted molar refractivity (Wildman–Crippen MR) is 121 cm³/mol. The molecule has 1 aliphatic heterocycles. The number of halogens is 5. The lowest BCUT2D eigenvalue weighted by Crippen LogP contribution is -2.34. The highest BCUT2D eigenvalue weighted by molar-refractivity contribution is 7.92. The van der Waals surface area contributed by atoms with Crippen LogP contribution in [0.4, 0.5) is 21.4 Å². The Kier molecular flexibility index (Phi) is 5.85.